The summed E-state index contributed by atoms with van der Waals surface area (Å²) in [5, 5.41) is 14.9. The lowest BCUT2D eigenvalue weighted by Gasteiger charge is -2.11. The van der Waals surface area contributed by atoms with E-state index in [1.54, 1.807) is 11.8 Å². The van der Waals surface area contributed by atoms with Gasteiger partial charge in [0.2, 0.25) is 5.91 Å². The molecule has 0 unspecified atom stereocenters. The van der Waals surface area contributed by atoms with Crippen LogP contribution in [-0.2, 0) is 10.5 Å². The normalized spacial score (nSPS) is 15.6. The molecule has 0 bridgehead atoms. The van der Waals surface area contributed by atoms with Crippen LogP contribution in [0.2, 0.25) is 0 Å². The second-order valence-electron chi connectivity index (χ2n) is 5.98. The van der Waals surface area contributed by atoms with Crippen molar-refractivity contribution in [3.8, 4) is 0 Å². The molecule has 0 aromatic carbocycles. The molecule has 1 N–H and O–H groups in total. The summed E-state index contributed by atoms with van der Waals surface area (Å²) in [4.78, 5) is 13.9. The Morgan fingerprint density at radius 3 is 2.91 bits per heavy atom. The number of rotatable bonds is 9. The summed E-state index contributed by atoms with van der Waals surface area (Å²) in [7, 11) is 4.07. The zero-order valence-electron chi connectivity index (χ0n) is 13.5. The Labute approximate surface area is 136 Å². The maximum Gasteiger partial charge on any atom is 0.230 e. The fourth-order valence-corrected chi connectivity index (χ4v) is 3.41. The van der Waals surface area contributed by atoms with E-state index in [4.69, 9.17) is 0 Å². The van der Waals surface area contributed by atoms with Crippen molar-refractivity contribution in [3.63, 3.8) is 0 Å². The van der Waals surface area contributed by atoms with Crippen LogP contribution in [0.5, 0.6) is 0 Å². The van der Waals surface area contributed by atoms with Crippen LogP contribution >= 0.6 is 11.8 Å². The van der Waals surface area contributed by atoms with E-state index in [-0.39, 0.29) is 5.91 Å². The van der Waals surface area contributed by atoms with Crippen molar-refractivity contribution in [2.45, 2.75) is 43.9 Å². The van der Waals surface area contributed by atoms with Crippen LogP contribution in [0.25, 0.3) is 0 Å². The van der Waals surface area contributed by atoms with Gasteiger partial charge in [-0.15, -0.1) is 16.9 Å². The van der Waals surface area contributed by atoms with Gasteiger partial charge in [0.25, 0.3) is 0 Å². The van der Waals surface area contributed by atoms with Gasteiger partial charge in [-0.1, -0.05) is 12.8 Å². The number of carbonyl (C=O) groups is 1. The number of tetrazole rings is 1. The predicted molar refractivity (Wildman–Crippen MR) is 87.7 cm³/mol. The van der Waals surface area contributed by atoms with E-state index in [9.17, 15) is 4.79 Å². The van der Waals surface area contributed by atoms with Crippen molar-refractivity contribution < 1.29 is 4.79 Å². The third kappa shape index (κ3) is 5.57. The minimum absolute atomic E-state index is 0.0867. The molecule has 1 saturated carbocycles. The number of nitrogens with one attached hydrogen (secondary N) is 1. The molecule has 0 aliphatic heterocycles. The van der Waals surface area contributed by atoms with Gasteiger partial charge in [-0.05, 0) is 50.3 Å². The number of carbonyl (C=O) groups excluding carboxylic acids is 1. The maximum atomic E-state index is 11.8. The van der Waals surface area contributed by atoms with Gasteiger partial charge in [0, 0.05) is 6.54 Å². The highest BCUT2D eigenvalue weighted by molar-refractivity contribution is 7.99. The van der Waals surface area contributed by atoms with Crippen LogP contribution in [0, 0.1) is 0 Å². The van der Waals surface area contributed by atoms with E-state index in [1.807, 2.05) is 18.8 Å². The largest absolute Gasteiger partial charge is 0.355 e. The van der Waals surface area contributed by atoms with Gasteiger partial charge >= 0.3 is 0 Å². The quantitative estimate of drug-likeness (QED) is 0.685. The van der Waals surface area contributed by atoms with E-state index < -0.39 is 0 Å². The first kappa shape index (κ1) is 17.2. The highest BCUT2D eigenvalue weighted by atomic mass is 32.2. The molecule has 0 saturated heterocycles. The smallest absolute Gasteiger partial charge is 0.230 e. The van der Waals surface area contributed by atoms with Gasteiger partial charge in [0.1, 0.15) is 0 Å². The number of hydrogen-bond acceptors (Lipinski definition) is 6. The summed E-state index contributed by atoms with van der Waals surface area (Å²) >= 11 is 1.57. The summed E-state index contributed by atoms with van der Waals surface area (Å²) < 4.78 is 1.95. The average molecular weight is 326 g/mol. The molecule has 2 rings (SSSR count). The van der Waals surface area contributed by atoms with Gasteiger partial charge in [-0.3, -0.25) is 4.79 Å². The summed E-state index contributed by atoms with van der Waals surface area (Å²) in [6.07, 6.45) is 5.81. The van der Waals surface area contributed by atoms with E-state index in [1.165, 1.54) is 12.8 Å². The van der Waals surface area contributed by atoms with Crippen LogP contribution in [0.1, 0.15) is 44.0 Å². The number of aromatic nitrogens is 4. The lowest BCUT2D eigenvalue weighted by atomic mass is 10.2. The molecule has 1 fully saturated rings. The maximum absolute atomic E-state index is 11.8. The molecule has 124 valence electrons. The molecular weight excluding hydrogens is 300 g/mol. The Balaban J connectivity index is 1.64. The lowest BCUT2D eigenvalue weighted by Crippen LogP contribution is -2.28. The van der Waals surface area contributed by atoms with E-state index >= 15 is 0 Å². The number of nitrogens with zero attached hydrogens (tertiary/aromatic N) is 5. The van der Waals surface area contributed by atoms with E-state index in [0.717, 1.165) is 38.2 Å². The predicted octanol–water partition coefficient (Wildman–Crippen LogP) is 1.09. The fourth-order valence-electron chi connectivity index (χ4n) is 2.65. The molecule has 1 aliphatic rings. The van der Waals surface area contributed by atoms with Gasteiger partial charge < -0.3 is 10.2 Å². The Bertz CT molecular complexity index is 458. The number of hydrogen-bond donors (Lipinski definition) is 1. The minimum Gasteiger partial charge on any atom is -0.355 e. The Morgan fingerprint density at radius 1 is 1.41 bits per heavy atom. The van der Waals surface area contributed by atoms with Crippen LogP contribution in [0.3, 0.4) is 0 Å². The molecular formula is C14H26N6OS. The third-order valence-corrected chi connectivity index (χ3v) is 4.73. The van der Waals surface area contributed by atoms with Gasteiger partial charge in [0.05, 0.1) is 17.5 Å². The third-order valence-electron chi connectivity index (χ3n) is 3.80. The zero-order chi connectivity index (χ0) is 15.8. The van der Waals surface area contributed by atoms with Crippen LogP contribution < -0.4 is 5.32 Å². The summed E-state index contributed by atoms with van der Waals surface area (Å²) in [5.74, 6) is 2.12. The Kier molecular flexibility index (Phi) is 7.11. The van der Waals surface area contributed by atoms with E-state index in [2.05, 4.69) is 25.7 Å². The van der Waals surface area contributed by atoms with Crippen molar-refractivity contribution in [2.75, 3.05) is 32.9 Å². The summed E-state index contributed by atoms with van der Waals surface area (Å²) in [6, 6.07) is 0.450. The first-order valence-corrected chi connectivity index (χ1v) is 9.08. The van der Waals surface area contributed by atoms with Crippen LogP contribution in [-0.4, -0.2) is 64.0 Å². The summed E-state index contributed by atoms with van der Waals surface area (Å²) in [6.45, 7) is 1.72. The Hall–Kier alpha value is -1.15. The molecule has 0 radical (unpaired) electrons. The molecule has 1 aliphatic carbocycles. The molecule has 1 aromatic rings. The minimum atomic E-state index is 0.0867. The first-order valence-electron chi connectivity index (χ1n) is 7.92. The highest BCUT2D eigenvalue weighted by Gasteiger charge is 2.21. The van der Waals surface area contributed by atoms with Gasteiger partial charge in [-0.2, -0.15) is 0 Å². The van der Waals surface area contributed by atoms with Gasteiger partial charge in [0.15, 0.2) is 5.82 Å². The highest BCUT2D eigenvalue weighted by Crippen LogP contribution is 2.29. The molecule has 22 heavy (non-hydrogen) atoms. The monoisotopic (exact) mass is 326 g/mol. The fraction of sp³-hybridized carbons (Fsp3) is 0.857. The van der Waals surface area contributed by atoms with Crippen LogP contribution in [0.15, 0.2) is 0 Å². The molecule has 0 atom stereocenters. The first-order chi connectivity index (χ1) is 10.7. The molecule has 1 heterocycles. The lowest BCUT2D eigenvalue weighted by molar-refractivity contribution is -0.118. The summed E-state index contributed by atoms with van der Waals surface area (Å²) in [5.41, 5.74) is 0. The SMILES string of the molecule is CN(C)CCCNC(=O)CSCc1nnnn1C1CCCC1. The standard InChI is InChI=1S/C14H26N6OS/c1-19(2)9-5-8-15-14(21)11-22-10-13-16-17-18-20(13)12-6-3-4-7-12/h12H,3-11H2,1-2H3,(H,15,21). The molecule has 1 aromatic heterocycles. The average Bonchev–Trinajstić information content (AvgIpc) is 3.13. The second-order valence-corrected chi connectivity index (χ2v) is 6.96. The van der Waals surface area contributed by atoms with E-state index in [0.29, 0.717) is 17.5 Å². The number of thioether (sulfide) groups is 1. The van der Waals surface area contributed by atoms with Gasteiger partial charge in [-0.25, -0.2) is 4.68 Å². The van der Waals surface area contributed by atoms with Crippen LogP contribution in [0.4, 0.5) is 0 Å². The second kappa shape index (κ2) is 9.09. The zero-order valence-corrected chi connectivity index (χ0v) is 14.3. The van der Waals surface area contributed by atoms with Crippen molar-refractivity contribution in [3.05, 3.63) is 5.82 Å². The van der Waals surface area contributed by atoms with Crippen molar-refractivity contribution >= 4 is 17.7 Å². The molecule has 0 spiro atoms. The van der Waals surface area contributed by atoms with Crippen molar-refractivity contribution in [1.29, 1.82) is 0 Å². The molecule has 8 heteroatoms. The van der Waals surface area contributed by atoms with Crippen molar-refractivity contribution in [2.24, 2.45) is 0 Å². The van der Waals surface area contributed by atoms with Crippen molar-refractivity contribution in [1.82, 2.24) is 30.4 Å². The Morgan fingerprint density at radius 2 is 2.18 bits per heavy atom. The number of amides is 1. The topological polar surface area (TPSA) is 75.9 Å². The molecule has 7 nitrogen and oxygen atoms in total. The molecule has 1 amide bonds.